The van der Waals surface area contributed by atoms with Gasteiger partial charge in [0, 0.05) is 11.1 Å². The van der Waals surface area contributed by atoms with Crippen LogP contribution in [0.1, 0.15) is 12.8 Å². The largest absolute Gasteiger partial charge is 0.174 e. The highest BCUT2D eigenvalue weighted by Gasteiger charge is 2.41. The van der Waals surface area contributed by atoms with Gasteiger partial charge in [-0.2, -0.15) is 0 Å². The molecule has 5 heteroatoms. The van der Waals surface area contributed by atoms with E-state index in [9.17, 15) is 0 Å². The van der Waals surface area contributed by atoms with Gasteiger partial charge in [-0.25, -0.2) is 0 Å². The van der Waals surface area contributed by atoms with Gasteiger partial charge < -0.3 is 0 Å². The van der Waals surface area contributed by atoms with Crippen LogP contribution in [0.25, 0.3) is 0 Å². The van der Waals surface area contributed by atoms with E-state index < -0.39 is 0 Å². The van der Waals surface area contributed by atoms with Crippen molar-refractivity contribution in [2.24, 2.45) is 5.41 Å². The van der Waals surface area contributed by atoms with E-state index in [0.29, 0.717) is 5.41 Å². The summed E-state index contributed by atoms with van der Waals surface area (Å²) in [7, 11) is 0. The molecule has 0 bridgehead atoms. The molecule has 0 aromatic carbocycles. The van der Waals surface area contributed by atoms with Gasteiger partial charge in [-0.1, -0.05) is 39.0 Å². The van der Waals surface area contributed by atoms with Crippen LogP contribution in [0.2, 0.25) is 0 Å². The van der Waals surface area contributed by atoms with E-state index in [2.05, 4.69) is 26.1 Å². The summed E-state index contributed by atoms with van der Waals surface area (Å²) in [5.41, 5.74) is 2.37. The minimum absolute atomic E-state index is 0.580. The lowest BCUT2D eigenvalue weighted by Gasteiger charge is -2.07. The quantitative estimate of drug-likeness (QED) is 0.618. The fourth-order valence-corrected chi connectivity index (χ4v) is 3.74. The summed E-state index contributed by atoms with van der Waals surface area (Å²) in [6, 6.07) is 0. The van der Waals surface area contributed by atoms with E-state index in [-0.39, 0.29) is 0 Å². The zero-order valence-electron chi connectivity index (χ0n) is 6.49. The number of hydrogen-bond acceptors (Lipinski definition) is 4. The molecule has 0 saturated heterocycles. The van der Waals surface area contributed by atoms with Crippen molar-refractivity contribution in [1.29, 1.82) is 0 Å². The predicted molar refractivity (Wildman–Crippen MR) is 56.1 cm³/mol. The molecule has 1 aromatic rings. The normalized spacial score (nSPS) is 19.4. The smallest absolute Gasteiger partial charge is 0.146 e. The second kappa shape index (κ2) is 3.64. The highest BCUT2D eigenvalue weighted by molar-refractivity contribution is 9.09. The SMILES string of the molecule is BrCC1(CSc2nncs2)CC1. The average Bonchev–Trinajstić information content (AvgIpc) is 2.70. The minimum atomic E-state index is 0.580. The molecule has 1 aliphatic carbocycles. The molecule has 1 heterocycles. The molecule has 1 saturated carbocycles. The van der Waals surface area contributed by atoms with Crippen molar-refractivity contribution < 1.29 is 0 Å². The van der Waals surface area contributed by atoms with Crippen molar-refractivity contribution in [3.8, 4) is 0 Å². The van der Waals surface area contributed by atoms with Crippen LogP contribution in [0.4, 0.5) is 0 Å². The molecule has 0 spiro atoms. The number of nitrogens with zero attached hydrogens (tertiary/aromatic N) is 2. The van der Waals surface area contributed by atoms with Crippen LogP contribution in [-0.2, 0) is 0 Å². The van der Waals surface area contributed by atoms with Crippen molar-refractivity contribution in [2.75, 3.05) is 11.1 Å². The summed E-state index contributed by atoms with van der Waals surface area (Å²) >= 11 is 7.02. The van der Waals surface area contributed by atoms with Gasteiger partial charge >= 0.3 is 0 Å². The number of halogens is 1. The first-order valence-corrected chi connectivity index (χ1v) is 6.78. The predicted octanol–water partition coefficient (Wildman–Crippen LogP) is 2.81. The zero-order chi connectivity index (χ0) is 8.44. The summed E-state index contributed by atoms with van der Waals surface area (Å²) in [5.74, 6) is 1.19. The molecule has 0 atom stereocenters. The fourth-order valence-electron chi connectivity index (χ4n) is 0.934. The highest BCUT2D eigenvalue weighted by atomic mass is 79.9. The van der Waals surface area contributed by atoms with Crippen molar-refractivity contribution in [1.82, 2.24) is 10.2 Å². The molecular weight excluding hydrogens is 256 g/mol. The molecule has 66 valence electrons. The number of aromatic nitrogens is 2. The standard InChI is InChI=1S/C7H9BrN2S2/c8-3-7(1-2-7)4-11-6-10-9-5-12-6/h5H,1-4H2. The van der Waals surface area contributed by atoms with Crippen molar-refractivity contribution >= 4 is 39.0 Å². The van der Waals surface area contributed by atoms with Gasteiger partial charge in [-0.3, -0.25) is 0 Å². The van der Waals surface area contributed by atoms with Gasteiger partial charge in [0.15, 0.2) is 4.34 Å². The van der Waals surface area contributed by atoms with Gasteiger partial charge in [0.1, 0.15) is 5.51 Å². The van der Waals surface area contributed by atoms with Crippen LogP contribution >= 0.6 is 39.0 Å². The highest BCUT2D eigenvalue weighted by Crippen LogP contribution is 2.50. The molecule has 0 N–H and O–H groups in total. The van der Waals surface area contributed by atoms with E-state index in [1.807, 2.05) is 11.8 Å². The third-order valence-electron chi connectivity index (χ3n) is 2.08. The first-order chi connectivity index (χ1) is 5.85. The van der Waals surface area contributed by atoms with Crippen LogP contribution in [0.15, 0.2) is 9.85 Å². The molecule has 0 aliphatic heterocycles. The number of alkyl halides is 1. The van der Waals surface area contributed by atoms with Crippen LogP contribution in [0.5, 0.6) is 0 Å². The first-order valence-electron chi connectivity index (χ1n) is 3.80. The van der Waals surface area contributed by atoms with E-state index in [4.69, 9.17) is 0 Å². The molecule has 0 unspecified atom stereocenters. The molecule has 2 nitrogen and oxygen atoms in total. The number of rotatable bonds is 4. The van der Waals surface area contributed by atoms with E-state index in [1.54, 1.807) is 16.8 Å². The van der Waals surface area contributed by atoms with Crippen LogP contribution in [0.3, 0.4) is 0 Å². The molecule has 1 fully saturated rings. The summed E-state index contributed by atoms with van der Waals surface area (Å²) < 4.78 is 1.10. The van der Waals surface area contributed by atoms with Crippen molar-refractivity contribution in [2.45, 2.75) is 17.2 Å². The molecule has 2 rings (SSSR count). The van der Waals surface area contributed by atoms with Crippen LogP contribution in [-0.4, -0.2) is 21.3 Å². The topological polar surface area (TPSA) is 25.8 Å². The second-order valence-corrected chi connectivity index (χ2v) is 5.74. The summed E-state index contributed by atoms with van der Waals surface area (Å²) in [4.78, 5) is 0. The van der Waals surface area contributed by atoms with Crippen molar-refractivity contribution in [3.63, 3.8) is 0 Å². The Labute approximate surface area is 88.3 Å². The lowest BCUT2D eigenvalue weighted by molar-refractivity contribution is 0.686. The second-order valence-electron chi connectivity index (χ2n) is 3.13. The van der Waals surface area contributed by atoms with Gasteiger partial charge in [0.2, 0.25) is 0 Å². The average molecular weight is 265 g/mol. The maximum Gasteiger partial charge on any atom is 0.174 e. The van der Waals surface area contributed by atoms with Crippen LogP contribution in [0, 0.1) is 5.41 Å². The number of hydrogen-bond donors (Lipinski definition) is 0. The molecule has 1 aromatic heterocycles. The van der Waals surface area contributed by atoms with Gasteiger partial charge in [-0.15, -0.1) is 10.2 Å². The van der Waals surface area contributed by atoms with Gasteiger partial charge in [0.05, 0.1) is 0 Å². The lowest BCUT2D eigenvalue weighted by Crippen LogP contribution is -2.04. The Morgan fingerprint density at radius 1 is 1.67 bits per heavy atom. The Hall–Kier alpha value is 0.390. The van der Waals surface area contributed by atoms with Gasteiger partial charge in [0.25, 0.3) is 0 Å². The summed E-state index contributed by atoms with van der Waals surface area (Å²) in [6.07, 6.45) is 2.73. The third-order valence-corrected chi connectivity index (χ3v) is 5.48. The third kappa shape index (κ3) is 2.00. The van der Waals surface area contributed by atoms with E-state index in [1.165, 1.54) is 18.6 Å². The molecule has 12 heavy (non-hydrogen) atoms. The molecule has 0 amide bonds. The molecular formula is C7H9BrN2S2. The monoisotopic (exact) mass is 264 g/mol. The first kappa shape index (κ1) is 8.97. The maximum atomic E-state index is 4.00. The van der Waals surface area contributed by atoms with Crippen molar-refractivity contribution in [3.05, 3.63) is 5.51 Å². The Morgan fingerprint density at radius 2 is 2.50 bits per heavy atom. The maximum absolute atomic E-state index is 4.00. The Kier molecular flexibility index (Phi) is 2.72. The summed E-state index contributed by atoms with van der Waals surface area (Å²) in [5, 5.41) is 8.93. The van der Waals surface area contributed by atoms with Gasteiger partial charge in [-0.05, 0) is 18.3 Å². The van der Waals surface area contributed by atoms with Crippen LogP contribution < -0.4 is 0 Å². The Morgan fingerprint density at radius 3 is 3.00 bits per heavy atom. The lowest BCUT2D eigenvalue weighted by atomic mass is 10.2. The minimum Gasteiger partial charge on any atom is -0.146 e. The zero-order valence-corrected chi connectivity index (χ0v) is 9.71. The number of thioether (sulfide) groups is 1. The van der Waals surface area contributed by atoms with E-state index in [0.717, 1.165) is 9.67 Å². The summed E-state index contributed by atoms with van der Waals surface area (Å²) in [6.45, 7) is 0. The van der Waals surface area contributed by atoms with E-state index >= 15 is 0 Å². The molecule has 0 radical (unpaired) electrons. The Bertz CT molecular complexity index is 246. The fraction of sp³-hybridized carbons (Fsp3) is 0.714. The Balaban J connectivity index is 1.83. The molecule has 1 aliphatic rings.